The minimum absolute atomic E-state index is 0.663. The molecule has 0 aliphatic rings. The Hall–Kier alpha value is -2.17. The van der Waals surface area contributed by atoms with Crippen LogP contribution in [0.4, 0.5) is 11.6 Å². The third-order valence-corrected chi connectivity index (χ3v) is 3.00. The van der Waals surface area contributed by atoms with Gasteiger partial charge in [-0.05, 0) is 32.4 Å². The van der Waals surface area contributed by atoms with Gasteiger partial charge >= 0.3 is 0 Å². The van der Waals surface area contributed by atoms with Crippen LogP contribution < -0.4 is 10.6 Å². The van der Waals surface area contributed by atoms with E-state index in [0.717, 1.165) is 48.2 Å². The Morgan fingerprint density at radius 3 is 2.43 bits per heavy atom. The van der Waals surface area contributed by atoms with Crippen LogP contribution in [0.15, 0.2) is 24.3 Å². The van der Waals surface area contributed by atoms with E-state index in [9.17, 15) is 0 Å². The third kappa shape index (κ3) is 4.70. The molecular formula is C16H23N5. The molecule has 0 atom stereocenters. The molecule has 2 rings (SSSR count). The first-order valence-electron chi connectivity index (χ1n) is 7.49. The summed E-state index contributed by atoms with van der Waals surface area (Å²) in [7, 11) is 0. The van der Waals surface area contributed by atoms with Gasteiger partial charge in [0, 0.05) is 24.7 Å². The number of anilines is 2. The SMILES string of the molecule is CCCc1nc(NCC)cc(NCc2cccc(C)n2)n1. The van der Waals surface area contributed by atoms with Crippen LogP contribution in [0.2, 0.25) is 0 Å². The van der Waals surface area contributed by atoms with Crippen LogP contribution >= 0.6 is 0 Å². The van der Waals surface area contributed by atoms with E-state index in [4.69, 9.17) is 0 Å². The monoisotopic (exact) mass is 285 g/mol. The minimum Gasteiger partial charge on any atom is -0.370 e. The zero-order valence-corrected chi connectivity index (χ0v) is 13.0. The van der Waals surface area contributed by atoms with Gasteiger partial charge in [-0.2, -0.15) is 0 Å². The molecule has 0 aromatic carbocycles. The van der Waals surface area contributed by atoms with Crippen molar-refractivity contribution in [3.8, 4) is 0 Å². The molecule has 0 saturated carbocycles. The van der Waals surface area contributed by atoms with Gasteiger partial charge in [0.05, 0.1) is 12.2 Å². The van der Waals surface area contributed by atoms with Crippen LogP contribution in [0.25, 0.3) is 0 Å². The van der Waals surface area contributed by atoms with Crippen molar-refractivity contribution >= 4 is 11.6 Å². The second kappa shape index (κ2) is 7.57. The van der Waals surface area contributed by atoms with Crippen molar-refractivity contribution in [1.82, 2.24) is 15.0 Å². The molecule has 0 aliphatic heterocycles. The molecule has 112 valence electrons. The second-order valence-corrected chi connectivity index (χ2v) is 4.96. The van der Waals surface area contributed by atoms with Crippen molar-refractivity contribution in [2.75, 3.05) is 17.2 Å². The number of nitrogens with zero attached hydrogens (tertiary/aromatic N) is 3. The standard InChI is InChI=1S/C16H23N5/c1-4-7-14-20-15(17-5-2)10-16(21-14)18-11-13-9-6-8-12(3)19-13/h6,8-10H,4-5,7,11H2,1-3H3,(H2,17,18,20,21). The van der Waals surface area contributed by atoms with Crippen LogP contribution in [0, 0.1) is 6.92 Å². The molecule has 5 heteroatoms. The summed E-state index contributed by atoms with van der Waals surface area (Å²) in [5.74, 6) is 2.58. The van der Waals surface area contributed by atoms with Crippen molar-refractivity contribution in [1.29, 1.82) is 0 Å². The molecule has 5 nitrogen and oxygen atoms in total. The summed E-state index contributed by atoms with van der Waals surface area (Å²) >= 11 is 0. The van der Waals surface area contributed by atoms with Gasteiger partial charge in [0.15, 0.2) is 0 Å². The highest BCUT2D eigenvalue weighted by Crippen LogP contribution is 2.13. The smallest absolute Gasteiger partial charge is 0.133 e. The number of pyridine rings is 1. The second-order valence-electron chi connectivity index (χ2n) is 4.96. The highest BCUT2D eigenvalue weighted by molar-refractivity contribution is 5.47. The fourth-order valence-electron chi connectivity index (χ4n) is 2.07. The van der Waals surface area contributed by atoms with E-state index in [1.54, 1.807) is 0 Å². The lowest BCUT2D eigenvalue weighted by atomic mass is 10.3. The highest BCUT2D eigenvalue weighted by Gasteiger charge is 2.04. The minimum atomic E-state index is 0.663. The van der Waals surface area contributed by atoms with Crippen molar-refractivity contribution < 1.29 is 0 Å². The van der Waals surface area contributed by atoms with E-state index in [1.165, 1.54) is 0 Å². The average molecular weight is 285 g/mol. The molecule has 0 aliphatic carbocycles. The number of hydrogen-bond acceptors (Lipinski definition) is 5. The van der Waals surface area contributed by atoms with E-state index >= 15 is 0 Å². The highest BCUT2D eigenvalue weighted by atomic mass is 15.1. The topological polar surface area (TPSA) is 62.7 Å². The number of hydrogen-bond donors (Lipinski definition) is 2. The molecule has 0 amide bonds. The summed E-state index contributed by atoms with van der Waals surface area (Å²) in [6, 6.07) is 7.97. The Bertz CT molecular complexity index is 558. The van der Waals surface area contributed by atoms with Crippen LogP contribution in [0.5, 0.6) is 0 Å². The molecule has 2 aromatic heterocycles. The predicted molar refractivity (Wildman–Crippen MR) is 86.5 cm³/mol. The molecule has 0 bridgehead atoms. The number of rotatable bonds is 7. The fraction of sp³-hybridized carbons (Fsp3) is 0.438. The first-order chi connectivity index (χ1) is 10.2. The molecule has 0 unspecified atom stereocenters. The molecule has 2 aromatic rings. The Morgan fingerprint density at radius 2 is 1.76 bits per heavy atom. The first kappa shape index (κ1) is 15.2. The van der Waals surface area contributed by atoms with Gasteiger partial charge in [0.25, 0.3) is 0 Å². The first-order valence-corrected chi connectivity index (χ1v) is 7.49. The van der Waals surface area contributed by atoms with Crippen LogP contribution in [0.1, 0.15) is 37.5 Å². The number of nitrogens with one attached hydrogen (secondary N) is 2. The van der Waals surface area contributed by atoms with Gasteiger partial charge in [-0.25, -0.2) is 9.97 Å². The molecule has 2 heterocycles. The zero-order valence-electron chi connectivity index (χ0n) is 13.0. The normalized spacial score (nSPS) is 10.4. The van der Waals surface area contributed by atoms with E-state index in [1.807, 2.05) is 31.2 Å². The molecule has 0 fully saturated rings. The van der Waals surface area contributed by atoms with Crippen LogP contribution in [-0.2, 0) is 13.0 Å². The molecule has 0 saturated heterocycles. The van der Waals surface area contributed by atoms with Gasteiger partial charge in [-0.15, -0.1) is 0 Å². The maximum absolute atomic E-state index is 4.55. The van der Waals surface area contributed by atoms with E-state index in [0.29, 0.717) is 6.54 Å². The van der Waals surface area contributed by atoms with Crippen molar-refractivity contribution in [3.05, 3.63) is 41.5 Å². The van der Waals surface area contributed by atoms with Gasteiger partial charge in [0.1, 0.15) is 17.5 Å². The zero-order chi connectivity index (χ0) is 15.1. The summed E-state index contributed by atoms with van der Waals surface area (Å²) < 4.78 is 0. The Labute approximate surface area is 126 Å². The Kier molecular flexibility index (Phi) is 5.49. The van der Waals surface area contributed by atoms with Crippen molar-refractivity contribution in [3.63, 3.8) is 0 Å². The summed E-state index contributed by atoms with van der Waals surface area (Å²) in [6.07, 6.45) is 1.92. The Morgan fingerprint density at radius 1 is 1.00 bits per heavy atom. The quantitative estimate of drug-likeness (QED) is 0.818. The summed E-state index contributed by atoms with van der Waals surface area (Å²) in [5, 5.41) is 6.58. The predicted octanol–water partition coefficient (Wildman–Crippen LogP) is 3.18. The largest absolute Gasteiger partial charge is 0.370 e. The fourth-order valence-corrected chi connectivity index (χ4v) is 2.07. The van der Waals surface area contributed by atoms with Crippen molar-refractivity contribution in [2.24, 2.45) is 0 Å². The van der Waals surface area contributed by atoms with Crippen molar-refractivity contribution in [2.45, 2.75) is 40.2 Å². The lowest BCUT2D eigenvalue weighted by Crippen LogP contribution is -2.09. The lowest BCUT2D eigenvalue weighted by molar-refractivity contribution is 0.833. The number of aryl methyl sites for hydroxylation is 2. The van der Waals surface area contributed by atoms with E-state index in [2.05, 4.69) is 39.4 Å². The summed E-state index contributed by atoms with van der Waals surface area (Å²) in [5.41, 5.74) is 2.03. The maximum Gasteiger partial charge on any atom is 0.133 e. The van der Waals surface area contributed by atoms with Gasteiger partial charge < -0.3 is 10.6 Å². The van der Waals surface area contributed by atoms with Gasteiger partial charge in [0.2, 0.25) is 0 Å². The Balaban J connectivity index is 2.10. The maximum atomic E-state index is 4.55. The third-order valence-electron chi connectivity index (χ3n) is 3.00. The molecule has 21 heavy (non-hydrogen) atoms. The summed E-state index contributed by atoms with van der Waals surface area (Å²) in [6.45, 7) is 7.70. The van der Waals surface area contributed by atoms with E-state index < -0.39 is 0 Å². The molecule has 0 radical (unpaired) electrons. The van der Waals surface area contributed by atoms with Crippen LogP contribution in [-0.4, -0.2) is 21.5 Å². The van der Waals surface area contributed by atoms with Crippen LogP contribution in [0.3, 0.4) is 0 Å². The lowest BCUT2D eigenvalue weighted by Gasteiger charge is -2.10. The van der Waals surface area contributed by atoms with E-state index in [-0.39, 0.29) is 0 Å². The molecule has 0 spiro atoms. The molecule has 2 N–H and O–H groups in total. The summed E-state index contributed by atoms with van der Waals surface area (Å²) in [4.78, 5) is 13.5. The average Bonchev–Trinajstić information content (AvgIpc) is 2.46. The van der Waals surface area contributed by atoms with Gasteiger partial charge in [-0.1, -0.05) is 13.0 Å². The van der Waals surface area contributed by atoms with Gasteiger partial charge in [-0.3, -0.25) is 4.98 Å². The number of aromatic nitrogens is 3. The molecular weight excluding hydrogens is 262 g/mol.